The van der Waals surface area contributed by atoms with Crippen molar-refractivity contribution in [2.45, 2.75) is 12.1 Å². The fourth-order valence-corrected chi connectivity index (χ4v) is 2.85. The van der Waals surface area contributed by atoms with Crippen LogP contribution in [0.5, 0.6) is 0 Å². The maximum atomic E-state index is 12.3. The average Bonchev–Trinajstić information content (AvgIpc) is 2.85. The highest BCUT2D eigenvalue weighted by Gasteiger charge is 2.29. The monoisotopic (exact) mass is 312 g/mol. The number of rotatable bonds is 3. The molecule has 0 aliphatic carbocycles. The van der Waals surface area contributed by atoms with Crippen LogP contribution < -0.4 is 16.6 Å². The molecule has 2 heterocycles. The molecule has 2 unspecified atom stereocenters. The van der Waals surface area contributed by atoms with E-state index in [2.05, 4.69) is 10.2 Å². The van der Waals surface area contributed by atoms with Crippen molar-refractivity contribution < 1.29 is 4.79 Å². The van der Waals surface area contributed by atoms with Crippen molar-refractivity contribution in [3.63, 3.8) is 0 Å². The van der Waals surface area contributed by atoms with E-state index in [0.29, 0.717) is 5.56 Å². The molecule has 0 bridgehead atoms. The van der Waals surface area contributed by atoms with Crippen molar-refractivity contribution in [3.8, 4) is 5.69 Å². The fraction of sp³-hybridized carbons (Fsp3) is 0.294. The number of nitrogens with two attached hydrogens (primary N) is 1. The minimum Gasteiger partial charge on any atom is -0.346 e. The lowest BCUT2D eigenvalue weighted by Gasteiger charge is -2.16. The first-order valence-electron chi connectivity index (χ1n) is 7.58. The third-order valence-corrected chi connectivity index (χ3v) is 4.09. The molecule has 1 aliphatic heterocycles. The van der Waals surface area contributed by atoms with Crippen LogP contribution in [0.3, 0.4) is 0 Å². The maximum absolute atomic E-state index is 12.3. The second-order valence-corrected chi connectivity index (χ2v) is 5.92. The summed E-state index contributed by atoms with van der Waals surface area (Å²) in [5.74, 6) is -0.146. The van der Waals surface area contributed by atoms with E-state index in [1.54, 1.807) is 42.6 Å². The van der Waals surface area contributed by atoms with Crippen molar-refractivity contribution in [2.75, 3.05) is 20.1 Å². The molecule has 3 N–H and O–H groups in total. The Morgan fingerprint density at radius 1 is 1.17 bits per heavy atom. The van der Waals surface area contributed by atoms with Gasteiger partial charge in [0.25, 0.3) is 11.5 Å². The number of carbonyl (C=O) groups excluding carboxylic acids is 1. The molecule has 23 heavy (non-hydrogen) atoms. The predicted octanol–water partition coefficient (Wildman–Crippen LogP) is 0.209. The molecule has 2 atom stereocenters. The van der Waals surface area contributed by atoms with Crippen LogP contribution in [0.4, 0.5) is 0 Å². The van der Waals surface area contributed by atoms with E-state index in [4.69, 9.17) is 5.73 Å². The number of likely N-dealkylation sites (N-methyl/N-ethyl adjacent to an activating group) is 1. The van der Waals surface area contributed by atoms with Crippen LogP contribution in [-0.2, 0) is 0 Å². The summed E-state index contributed by atoms with van der Waals surface area (Å²) >= 11 is 0. The number of carbonyl (C=O) groups is 1. The molecule has 1 fully saturated rings. The zero-order valence-corrected chi connectivity index (χ0v) is 13.0. The van der Waals surface area contributed by atoms with Gasteiger partial charge >= 0.3 is 0 Å². The van der Waals surface area contributed by atoms with E-state index in [0.717, 1.165) is 18.8 Å². The molecule has 0 radical (unpaired) electrons. The van der Waals surface area contributed by atoms with Gasteiger partial charge in [-0.25, -0.2) is 0 Å². The summed E-state index contributed by atoms with van der Waals surface area (Å²) in [7, 11) is 1.98. The fourth-order valence-electron chi connectivity index (χ4n) is 2.85. The number of hydrogen-bond acceptors (Lipinski definition) is 4. The van der Waals surface area contributed by atoms with Gasteiger partial charge in [-0.15, -0.1) is 0 Å². The number of nitrogens with one attached hydrogen (secondary N) is 1. The summed E-state index contributed by atoms with van der Waals surface area (Å²) in [5, 5.41) is 2.97. The molecule has 1 aliphatic rings. The third-order valence-electron chi connectivity index (χ3n) is 4.09. The number of aromatic nitrogens is 1. The number of nitrogens with zero attached hydrogens (tertiary/aromatic N) is 2. The summed E-state index contributed by atoms with van der Waals surface area (Å²) in [5.41, 5.74) is 7.19. The summed E-state index contributed by atoms with van der Waals surface area (Å²) in [4.78, 5) is 26.2. The second kappa shape index (κ2) is 6.36. The Labute approximate surface area is 134 Å². The lowest BCUT2D eigenvalue weighted by molar-refractivity contribution is 0.0936. The highest BCUT2D eigenvalue weighted by molar-refractivity contribution is 5.94. The topological polar surface area (TPSA) is 80.4 Å². The van der Waals surface area contributed by atoms with Gasteiger partial charge in [0.2, 0.25) is 0 Å². The Kier molecular flexibility index (Phi) is 4.27. The van der Waals surface area contributed by atoms with Crippen molar-refractivity contribution in [2.24, 2.45) is 5.73 Å². The van der Waals surface area contributed by atoms with Crippen LogP contribution in [0.1, 0.15) is 10.4 Å². The van der Waals surface area contributed by atoms with Crippen LogP contribution in [-0.4, -0.2) is 47.6 Å². The molecule has 120 valence electrons. The largest absolute Gasteiger partial charge is 0.346 e. The zero-order valence-electron chi connectivity index (χ0n) is 13.0. The standard InChI is InChI=1S/C17H20N4O2/c1-20-10-14(18)15(11-20)19-17(23)12-5-7-13(8-6-12)21-9-3-2-4-16(21)22/h2-9,14-15H,10-11,18H2,1H3,(H,19,23). The molecule has 3 rings (SSSR count). The van der Waals surface area contributed by atoms with Crippen molar-refractivity contribution in [1.29, 1.82) is 0 Å². The van der Waals surface area contributed by atoms with Gasteiger partial charge in [0.15, 0.2) is 0 Å². The van der Waals surface area contributed by atoms with Gasteiger partial charge in [-0.2, -0.15) is 0 Å². The highest BCUT2D eigenvalue weighted by Crippen LogP contribution is 2.10. The lowest BCUT2D eigenvalue weighted by atomic mass is 10.1. The number of amides is 1. The van der Waals surface area contributed by atoms with Gasteiger partial charge in [0, 0.05) is 42.6 Å². The third kappa shape index (κ3) is 3.33. The molecule has 0 saturated carbocycles. The molecule has 1 aromatic carbocycles. The van der Waals surface area contributed by atoms with Gasteiger partial charge in [-0.1, -0.05) is 6.07 Å². The Balaban J connectivity index is 1.73. The van der Waals surface area contributed by atoms with Gasteiger partial charge in [-0.3, -0.25) is 14.2 Å². The normalized spacial score (nSPS) is 21.3. The first-order chi connectivity index (χ1) is 11.0. The van der Waals surface area contributed by atoms with E-state index in [-0.39, 0.29) is 23.6 Å². The zero-order chi connectivity index (χ0) is 16.4. The summed E-state index contributed by atoms with van der Waals surface area (Å²) in [6.07, 6.45) is 1.70. The predicted molar refractivity (Wildman–Crippen MR) is 88.8 cm³/mol. The lowest BCUT2D eigenvalue weighted by Crippen LogP contribution is -2.46. The molecule has 1 aromatic heterocycles. The Morgan fingerprint density at radius 3 is 2.52 bits per heavy atom. The number of hydrogen-bond donors (Lipinski definition) is 2. The first-order valence-corrected chi connectivity index (χ1v) is 7.58. The van der Waals surface area contributed by atoms with Gasteiger partial charge in [0.1, 0.15) is 0 Å². The van der Waals surface area contributed by atoms with E-state index in [9.17, 15) is 9.59 Å². The van der Waals surface area contributed by atoms with E-state index < -0.39 is 0 Å². The smallest absolute Gasteiger partial charge is 0.255 e. The van der Waals surface area contributed by atoms with E-state index in [1.165, 1.54) is 10.6 Å². The number of likely N-dealkylation sites (tertiary alicyclic amines) is 1. The summed E-state index contributed by atoms with van der Waals surface area (Å²) in [6, 6.07) is 11.9. The Bertz CT molecular complexity index is 754. The molecule has 1 saturated heterocycles. The summed E-state index contributed by atoms with van der Waals surface area (Å²) in [6.45, 7) is 1.53. The molecule has 2 aromatic rings. The van der Waals surface area contributed by atoms with Crippen molar-refractivity contribution in [3.05, 3.63) is 64.6 Å². The SMILES string of the molecule is CN1CC(N)C(NC(=O)c2ccc(-n3ccccc3=O)cc2)C1. The van der Waals surface area contributed by atoms with Crippen LogP contribution in [0.25, 0.3) is 5.69 Å². The minimum atomic E-state index is -0.146. The number of benzene rings is 1. The van der Waals surface area contributed by atoms with Crippen LogP contribution >= 0.6 is 0 Å². The maximum Gasteiger partial charge on any atom is 0.255 e. The van der Waals surface area contributed by atoms with E-state index >= 15 is 0 Å². The van der Waals surface area contributed by atoms with Gasteiger partial charge in [-0.05, 0) is 37.4 Å². The van der Waals surface area contributed by atoms with Gasteiger partial charge < -0.3 is 16.0 Å². The molecule has 0 spiro atoms. The highest BCUT2D eigenvalue weighted by atomic mass is 16.1. The second-order valence-electron chi connectivity index (χ2n) is 5.92. The Hall–Kier alpha value is -2.44. The first kappa shape index (κ1) is 15.5. The molecule has 6 nitrogen and oxygen atoms in total. The Morgan fingerprint density at radius 2 is 1.91 bits per heavy atom. The minimum absolute atomic E-state index is 0.0380. The van der Waals surface area contributed by atoms with Crippen LogP contribution in [0.2, 0.25) is 0 Å². The molecule has 1 amide bonds. The van der Waals surface area contributed by atoms with Crippen LogP contribution in [0, 0.1) is 0 Å². The van der Waals surface area contributed by atoms with Crippen LogP contribution in [0.15, 0.2) is 53.5 Å². The molecular weight excluding hydrogens is 292 g/mol. The quantitative estimate of drug-likeness (QED) is 0.849. The van der Waals surface area contributed by atoms with E-state index in [1.807, 2.05) is 7.05 Å². The number of pyridine rings is 1. The van der Waals surface area contributed by atoms with Crippen molar-refractivity contribution >= 4 is 5.91 Å². The average molecular weight is 312 g/mol. The summed E-state index contributed by atoms with van der Waals surface area (Å²) < 4.78 is 1.53. The van der Waals surface area contributed by atoms with Gasteiger partial charge in [0.05, 0.1) is 6.04 Å². The molecule has 6 heteroatoms. The van der Waals surface area contributed by atoms with Crippen molar-refractivity contribution in [1.82, 2.24) is 14.8 Å². The molecular formula is C17H20N4O2.